The molecule has 1 fully saturated rings. The van der Waals surface area contributed by atoms with Crippen LogP contribution in [0.15, 0.2) is 16.6 Å². The van der Waals surface area contributed by atoms with Gasteiger partial charge in [0, 0.05) is 18.9 Å². The van der Waals surface area contributed by atoms with Crippen molar-refractivity contribution in [2.75, 3.05) is 41.5 Å². The van der Waals surface area contributed by atoms with Crippen molar-refractivity contribution in [1.29, 1.82) is 0 Å². The summed E-state index contributed by atoms with van der Waals surface area (Å²) in [4.78, 5) is 14.0. The standard InChI is InChI=1S/C17H24BrNO4/c1-19-6-5-11(9-16(20)23-4)13(10-19)12-7-14(21-2)17(18)15(8-12)22-3/h7-8,11,13H,5-6,9-10H2,1-4H3/t11-,13+/m0/s1. The summed E-state index contributed by atoms with van der Waals surface area (Å²) >= 11 is 3.50. The minimum atomic E-state index is -0.152. The predicted octanol–water partition coefficient (Wildman–Crippen LogP) is 3.06. The lowest BCUT2D eigenvalue weighted by Gasteiger charge is -2.37. The van der Waals surface area contributed by atoms with E-state index in [9.17, 15) is 4.79 Å². The molecule has 1 heterocycles. The van der Waals surface area contributed by atoms with Gasteiger partial charge in [0.05, 0.1) is 21.3 Å². The van der Waals surface area contributed by atoms with Gasteiger partial charge in [-0.05, 0) is 59.6 Å². The Kier molecular flexibility index (Phi) is 6.30. The van der Waals surface area contributed by atoms with Gasteiger partial charge in [-0.15, -0.1) is 0 Å². The number of nitrogens with zero attached hydrogens (tertiary/aromatic N) is 1. The zero-order valence-electron chi connectivity index (χ0n) is 14.1. The summed E-state index contributed by atoms with van der Waals surface area (Å²) in [6.45, 7) is 1.89. The Balaban J connectivity index is 2.36. The van der Waals surface area contributed by atoms with Crippen LogP contribution in [0.1, 0.15) is 24.3 Å². The third-order valence-electron chi connectivity index (χ3n) is 4.51. The molecule has 0 bridgehead atoms. The van der Waals surface area contributed by atoms with E-state index in [1.165, 1.54) is 7.11 Å². The molecule has 1 aliphatic heterocycles. The molecular weight excluding hydrogens is 362 g/mol. The normalized spacial score (nSPS) is 21.8. The van der Waals surface area contributed by atoms with Crippen molar-refractivity contribution in [3.05, 3.63) is 22.2 Å². The van der Waals surface area contributed by atoms with Crippen LogP contribution in [0.2, 0.25) is 0 Å². The molecule has 1 saturated heterocycles. The average Bonchev–Trinajstić information content (AvgIpc) is 2.56. The van der Waals surface area contributed by atoms with E-state index in [0.717, 1.165) is 41.0 Å². The van der Waals surface area contributed by atoms with E-state index in [4.69, 9.17) is 14.2 Å². The number of hydrogen-bond donors (Lipinski definition) is 0. The molecule has 0 spiro atoms. The maximum atomic E-state index is 11.7. The van der Waals surface area contributed by atoms with E-state index < -0.39 is 0 Å². The van der Waals surface area contributed by atoms with Gasteiger partial charge >= 0.3 is 5.97 Å². The fraction of sp³-hybridized carbons (Fsp3) is 0.588. The molecule has 0 aromatic heterocycles. The number of likely N-dealkylation sites (tertiary alicyclic amines) is 1. The van der Waals surface area contributed by atoms with Crippen molar-refractivity contribution in [3.8, 4) is 11.5 Å². The molecule has 5 nitrogen and oxygen atoms in total. The summed E-state index contributed by atoms with van der Waals surface area (Å²) in [5.74, 6) is 1.83. The van der Waals surface area contributed by atoms with Crippen molar-refractivity contribution < 1.29 is 19.0 Å². The van der Waals surface area contributed by atoms with Crippen molar-refractivity contribution in [3.63, 3.8) is 0 Å². The van der Waals surface area contributed by atoms with E-state index in [0.29, 0.717) is 6.42 Å². The Labute approximate surface area is 146 Å². The van der Waals surface area contributed by atoms with Gasteiger partial charge in [0.15, 0.2) is 0 Å². The smallest absolute Gasteiger partial charge is 0.305 e. The van der Waals surface area contributed by atoms with Crippen molar-refractivity contribution in [2.45, 2.75) is 18.8 Å². The molecule has 0 amide bonds. The largest absolute Gasteiger partial charge is 0.495 e. The minimum absolute atomic E-state index is 0.152. The summed E-state index contributed by atoms with van der Waals surface area (Å²) in [7, 11) is 6.83. The predicted molar refractivity (Wildman–Crippen MR) is 92.2 cm³/mol. The number of likely N-dealkylation sites (N-methyl/N-ethyl adjacent to an activating group) is 1. The third kappa shape index (κ3) is 4.18. The molecule has 1 aliphatic rings. The van der Waals surface area contributed by atoms with Gasteiger partial charge in [-0.1, -0.05) is 0 Å². The van der Waals surface area contributed by atoms with Crippen molar-refractivity contribution in [2.24, 2.45) is 5.92 Å². The van der Waals surface area contributed by atoms with Gasteiger partial charge in [0.25, 0.3) is 0 Å². The average molecular weight is 386 g/mol. The van der Waals surface area contributed by atoms with Gasteiger partial charge < -0.3 is 19.1 Å². The molecule has 2 atom stereocenters. The van der Waals surface area contributed by atoms with Crippen molar-refractivity contribution in [1.82, 2.24) is 4.90 Å². The van der Waals surface area contributed by atoms with Gasteiger partial charge in [-0.25, -0.2) is 0 Å². The molecule has 128 valence electrons. The molecule has 6 heteroatoms. The number of hydrogen-bond acceptors (Lipinski definition) is 5. The van der Waals surface area contributed by atoms with Gasteiger partial charge in [-0.3, -0.25) is 4.79 Å². The second-order valence-corrected chi connectivity index (χ2v) is 6.73. The maximum Gasteiger partial charge on any atom is 0.305 e. The quantitative estimate of drug-likeness (QED) is 0.728. The van der Waals surface area contributed by atoms with Crippen LogP contribution in [-0.4, -0.2) is 52.3 Å². The second kappa shape index (κ2) is 8.02. The zero-order chi connectivity index (χ0) is 17.0. The van der Waals surface area contributed by atoms with Crippen LogP contribution < -0.4 is 9.47 Å². The molecule has 0 aliphatic carbocycles. The lowest BCUT2D eigenvalue weighted by atomic mass is 9.79. The van der Waals surface area contributed by atoms with E-state index in [1.54, 1.807) is 14.2 Å². The van der Waals surface area contributed by atoms with E-state index in [1.807, 2.05) is 12.1 Å². The molecule has 23 heavy (non-hydrogen) atoms. The number of carbonyl (C=O) groups is 1. The first-order valence-electron chi connectivity index (χ1n) is 7.66. The van der Waals surface area contributed by atoms with Crippen LogP contribution in [0.25, 0.3) is 0 Å². The lowest BCUT2D eigenvalue weighted by molar-refractivity contribution is -0.142. The number of piperidine rings is 1. The molecule has 0 unspecified atom stereocenters. The van der Waals surface area contributed by atoms with Gasteiger partial charge in [0.2, 0.25) is 0 Å². The minimum Gasteiger partial charge on any atom is -0.495 e. The SMILES string of the molecule is COC(=O)C[C@@H]1CCN(C)C[C@H]1c1cc(OC)c(Br)c(OC)c1. The summed E-state index contributed by atoms with van der Waals surface area (Å²) < 4.78 is 16.6. The summed E-state index contributed by atoms with van der Waals surface area (Å²) in [6.07, 6.45) is 1.41. The molecule has 0 N–H and O–H groups in total. The number of carbonyl (C=O) groups excluding carboxylic acids is 1. The Hall–Kier alpha value is -1.27. The monoisotopic (exact) mass is 385 g/mol. The molecule has 0 saturated carbocycles. The van der Waals surface area contributed by atoms with E-state index >= 15 is 0 Å². The summed E-state index contributed by atoms with van der Waals surface area (Å²) in [5.41, 5.74) is 1.13. The highest BCUT2D eigenvalue weighted by molar-refractivity contribution is 9.10. The number of methoxy groups -OCH3 is 3. The second-order valence-electron chi connectivity index (χ2n) is 5.94. The third-order valence-corrected chi connectivity index (χ3v) is 5.29. The highest BCUT2D eigenvalue weighted by Gasteiger charge is 2.32. The number of halogens is 1. The van der Waals surface area contributed by atoms with Crippen LogP contribution in [0.5, 0.6) is 11.5 Å². The lowest BCUT2D eigenvalue weighted by Crippen LogP contribution is -2.37. The summed E-state index contributed by atoms with van der Waals surface area (Å²) in [5, 5.41) is 0. The highest BCUT2D eigenvalue weighted by Crippen LogP contribution is 2.42. The van der Waals surface area contributed by atoms with Crippen LogP contribution in [-0.2, 0) is 9.53 Å². The van der Waals surface area contributed by atoms with Crippen LogP contribution in [0.4, 0.5) is 0 Å². The highest BCUT2D eigenvalue weighted by atomic mass is 79.9. The topological polar surface area (TPSA) is 48.0 Å². The maximum absolute atomic E-state index is 11.7. The van der Waals surface area contributed by atoms with E-state index in [-0.39, 0.29) is 17.8 Å². The van der Waals surface area contributed by atoms with Crippen LogP contribution in [0, 0.1) is 5.92 Å². The fourth-order valence-electron chi connectivity index (χ4n) is 3.19. The van der Waals surface area contributed by atoms with Crippen molar-refractivity contribution >= 4 is 21.9 Å². The summed E-state index contributed by atoms with van der Waals surface area (Å²) in [6, 6.07) is 4.06. The Bertz CT molecular complexity index is 539. The Morgan fingerprint density at radius 3 is 2.39 bits per heavy atom. The molecule has 1 aromatic rings. The zero-order valence-corrected chi connectivity index (χ0v) is 15.7. The molecule has 2 rings (SSSR count). The first-order chi connectivity index (χ1) is 11.0. The molecule has 0 radical (unpaired) electrons. The number of ether oxygens (including phenoxy) is 3. The number of benzene rings is 1. The van der Waals surface area contributed by atoms with Crippen LogP contribution >= 0.6 is 15.9 Å². The number of rotatable bonds is 5. The van der Waals surface area contributed by atoms with Gasteiger partial charge in [0.1, 0.15) is 16.0 Å². The van der Waals surface area contributed by atoms with Gasteiger partial charge in [-0.2, -0.15) is 0 Å². The van der Waals surface area contributed by atoms with Crippen LogP contribution in [0.3, 0.4) is 0 Å². The molecular formula is C17H24BrNO4. The first kappa shape index (κ1) is 18.1. The Morgan fingerprint density at radius 2 is 1.87 bits per heavy atom. The fourth-order valence-corrected chi connectivity index (χ4v) is 3.74. The molecule has 1 aromatic carbocycles. The number of esters is 1. The first-order valence-corrected chi connectivity index (χ1v) is 8.46. The Morgan fingerprint density at radius 1 is 1.26 bits per heavy atom. The van der Waals surface area contributed by atoms with E-state index in [2.05, 4.69) is 27.9 Å².